The van der Waals surface area contributed by atoms with Gasteiger partial charge in [0.05, 0.1) is 18.6 Å². The van der Waals surface area contributed by atoms with Gasteiger partial charge >= 0.3 is 73.0 Å². The Bertz CT molecular complexity index is 2310. The topological polar surface area (TPSA) is 199 Å². The van der Waals surface area contributed by atoms with Crippen molar-refractivity contribution in [1.29, 1.82) is 0 Å². The fourth-order valence-electron chi connectivity index (χ4n) is 6.88. The average molecular weight is 862 g/mol. The number of benzene rings is 4. The van der Waals surface area contributed by atoms with E-state index < -0.39 is 37.1 Å². The van der Waals surface area contributed by atoms with Gasteiger partial charge in [-0.1, -0.05) is 84.4 Å². The maximum Gasteiger partial charge on any atom is 1.00 e. The zero-order valence-electron chi connectivity index (χ0n) is 35.0. The van der Waals surface area contributed by atoms with Gasteiger partial charge in [0.25, 0.3) is 0 Å². The second-order valence-corrected chi connectivity index (χ2v) is 15.6. The van der Waals surface area contributed by atoms with E-state index in [2.05, 4.69) is 21.4 Å². The van der Waals surface area contributed by atoms with E-state index in [4.69, 9.17) is 0 Å². The molecule has 2 fully saturated rings. The zero-order valence-corrected chi connectivity index (χ0v) is 38.7. The Hall–Kier alpha value is -3.61. The Morgan fingerprint density at radius 2 is 1.69 bits per heavy atom. The van der Waals surface area contributed by atoms with Gasteiger partial charge in [-0.05, 0) is 70.4 Å². The normalized spacial score (nSPS) is 17.1. The van der Waals surface area contributed by atoms with Crippen molar-refractivity contribution >= 4 is 47.7 Å². The number of rotatable bonds is 11. The van der Waals surface area contributed by atoms with E-state index in [0.717, 1.165) is 27.6 Å². The average Bonchev–Trinajstić information content (AvgIpc) is 3.67. The maximum atomic E-state index is 14.3. The van der Waals surface area contributed by atoms with Crippen molar-refractivity contribution in [3.8, 4) is 5.75 Å². The molecule has 0 bridgehead atoms. The maximum absolute atomic E-state index is 14.3. The van der Waals surface area contributed by atoms with Gasteiger partial charge in [0, 0.05) is 37.1 Å². The molecule has 2 aliphatic heterocycles. The second kappa shape index (κ2) is 21.8. The van der Waals surface area contributed by atoms with Gasteiger partial charge in [0.15, 0.2) is 0 Å². The van der Waals surface area contributed by atoms with Gasteiger partial charge in [0.1, 0.15) is 18.0 Å². The van der Waals surface area contributed by atoms with Crippen molar-refractivity contribution < 1.29 is 104 Å². The number of phosphoric acid groups is 1. The first-order valence-corrected chi connectivity index (χ1v) is 20.5. The number of hydrogen-bond donors (Lipinski definition) is 4. The molecule has 15 nitrogen and oxygen atoms in total. The first kappa shape index (κ1) is 48.1. The molecule has 59 heavy (non-hydrogen) atoms. The Balaban J connectivity index is 0.000000808. The van der Waals surface area contributed by atoms with E-state index in [9.17, 15) is 37.5 Å². The number of aryl methyl sites for hydroxylation is 1. The van der Waals surface area contributed by atoms with Crippen molar-refractivity contribution in [3.63, 3.8) is 0 Å². The Kier molecular flexibility index (Phi) is 17.7. The third kappa shape index (κ3) is 12.5. The van der Waals surface area contributed by atoms with Crippen LogP contribution in [0.3, 0.4) is 0 Å². The number of carbonyl (C=O) groups excluding carboxylic acids is 3. The van der Waals surface area contributed by atoms with Crippen LogP contribution in [0.25, 0.3) is 10.9 Å². The molecule has 0 saturated carbocycles. The number of phosphoric ester groups is 1. The molecule has 7 rings (SSSR count). The van der Waals surface area contributed by atoms with Crippen LogP contribution in [-0.2, 0) is 44.7 Å². The number of nitrogens with zero attached hydrogens (tertiary/aromatic N) is 4. The number of hydrogen-bond acceptors (Lipinski definition) is 8. The number of fused-ring (bicyclic) bond motifs is 2. The number of urea groups is 1. The fraction of sp³-hybridized carbons (Fsp3) is 0.225. The molecule has 0 aliphatic carbocycles. The summed E-state index contributed by atoms with van der Waals surface area (Å²) < 4.78 is 36.6. The summed E-state index contributed by atoms with van der Waals surface area (Å²) in [5.74, 6) is -0.628. The Morgan fingerprint density at radius 3 is 2.34 bits per heavy atom. The molecule has 1 aromatic heterocycles. The van der Waals surface area contributed by atoms with Gasteiger partial charge in [-0.2, -0.15) is 0 Å². The molecular formula is C40H44N6Na2O9PS-. The molecule has 302 valence electrons. The standard InChI is InChI=1S/C33H35N6O7P.C7H8O2S.2Na.2H/c1-2-17-37-22-30(40)38-28(18-23-11-13-27(14-12-23)46-47(43,44)45)32(41)36(20-26-10-6-9-25-15-16-34-31(25)26)21-29(38)39(37)33(42)35-19-24-7-4-3-5-8-24;1-6-2-4-7(5-3-6)10(8)9;;;;/h2-16,28-29,34H,1,17-22H2,(H,35,42)(H2,43,44,45);2-5H,1H3,(H,8,9);;;;/q;;2*+1;2*-1/p-1/t28-,29-;;;;;/m0...../s1. The minimum atomic E-state index is -4.75. The number of hydrazine groups is 1. The number of nitrogens with one attached hydrogen (secondary N) is 2. The summed E-state index contributed by atoms with van der Waals surface area (Å²) in [5.41, 5.74) is 4.39. The minimum absolute atomic E-state index is 0. The van der Waals surface area contributed by atoms with E-state index >= 15 is 0 Å². The van der Waals surface area contributed by atoms with Crippen LogP contribution < -0.4 is 69.0 Å². The molecule has 4 aromatic carbocycles. The summed E-state index contributed by atoms with van der Waals surface area (Å²) in [6.07, 6.45) is 2.73. The third-order valence-corrected chi connectivity index (χ3v) is 10.6. The molecule has 3 atom stereocenters. The van der Waals surface area contributed by atoms with E-state index in [1.807, 2.05) is 67.7 Å². The molecule has 0 radical (unpaired) electrons. The van der Waals surface area contributed by atoms with Crippen molar-refractivity contribution in [2.45, 2.75) is 43.5 Å². The van der Waals surface area contributed by atoms with Crippen LogP contribution in [-0.4, -0.2) is 93.0 Å². The van der Waals surface area contributed by atoms with Gasteiger partial charge in [-0.25, -0.2) is 19.4 Å². The van der Waals surface area contributed by atoms with Crippen LogP contribution >= 0.6 is 7.82 Å². The summed E-state index contributed by atoms with van der Waals surface area (Å²) >= 11 is -2.09. The van der Waals surface area contributed by atoms with Crippen molar-refractivity contribution in [2.75, 3.05) is 19.6 Å². The Morgan fingerprint density at radius 1 is 1.00 bits per heavy atom. The summed E-state index contributed by atoms with van der Waals surface area (Å²) in [4.78, 5) is 67.2. The number of carbonyl (C=O) groups is 3. The smallest absolute Gasteiger partial charge is 1.00 e. The van der Waals surface area contributed by atoms with Crippen molar-refractivity contribution in [2.24, 2.45) is 0 Å². The molecule has 4 N–H and O–H groups in total. The van der Waals surface area contributed by atoms with Crippen LogP contribution in [0.15, 0.2) is 127 Å². The molecule has 1 unspecified atom stereocenters. The molecule has 19 heteroatoms. The predicted molar refractivity (Wildman–Crippen MR) is 214 cm³/mol. The number of H-pyrrole nitrogens is 1. The summed E-state index contributed by atoms with van der Waals surface area (Å²) in [7, 11) is -4.75. The molecule has 2 saturated heterocycles. The second-order valence-electron chi connectivity index (χ2n) is 13.5. The largest absolute Gasteiger partial charge is 1.00 e. The molecule has 0 spiro atoms. The first-order chi connectivity index (χ1) is 27.3. The minimum Gasteiger partial charge on any atom is -1.00 e. The zero-order chi connectivity index (χ0) is 40.7. The van der Waals surface area contributed by atoms with Crippen LogP contribution in [0.4, 0.5) is 4.79 Å². The van der Waals surface area contributed by atoms with Gasteiger partial charge in [-0.3, -0.25) is 23.6 Å². The molecule has 4 amide bonds. The Labute approximate surface area is 391 Å². The van der Waals surface area contributed by atoms with E-state index in [-0.39, 0.29) is 119 Å². The van der Waals surface area contributed by atoms with E-state index in [1.54, 1.807) is 52.4 Å². The number of piperazine rings is 1. The number of para-hydroxylation sites is 1. The van der Waals surface area contributed by atoms with Gasteiger partial charge in [0.2, 0.25) is 11.8 Å². The van der Waals surface area contributed by atoms with Crippen molar-refractivity contribution in [3.05, 3.63) is 144 Å². The first-order valence-electron chi connectivity index (χ1n) is 17.9. The molecule has 2 aliphatic rings. The third-order valence-electron chi connectivity index (χ3n) is 9.49. The summed E-state index contributed by atoms with van der Waals surface area (Å²) in [6.45, 7) is 6.41. The predicted octanol–water partition coefficient (Wildman–Crippen LogP) is -1.16. The quantitative estimate of drug-likeness (QED) is 0.0545. The van der Waals surface area contributed by atoms with Gasteiger partial charge in [-0.15, -0.1) is 6.58 Å². The number of aromatic amines is 1. The summed E-state index contributed by atoms with van der Waals surface area (Å²) in [6, 6.07) is 28.6. The van der Waals surface area contributed by atoms with Gasteiger partial charge < -0.3 is 32.0 Å². The van der Waals surface area contributed by atoms with E-state index in [0.29, 0.717) is 10.5 Å². The number of aromatic nitrogens is 1. The van der Waals surface area contributed by atoms with Crippen molar-refractivity contribution in [1.82, 2.24) is 30.1 Å². The van der Waals surface area contributed by atoms with Crippen LogP contribution in [0, 0.1) is 6.92 Å². The summed E-state index contributed by atoms with van der Waals surface area (Å²) in [5, 5.41) is 7.13. The van der Waals surface area contributed by atoms with Crippen LogP contribution in [0.1, 0.15) is 25.1 Å². The molecular weight excluding hydrogens is 817 g/mol. The van der Waals surface area contributed by atoms with Crippen LogP contribution in [0.5, 0.6) is 5.75 Å². The molecule has 3 heterocycles. The fourth-order valence-corrected chi connectivity index (χ4v) is 7.64. The van der Waals surface area contributed by atoms with Crippen LogP contribution in [0.2, 0.25) is 0 Å². The molecule has 5 aromatic rings. The van der Waals surface area contributed by atoms with E-state index in [1.165, 1.54) is 22.0 Å². The number of amides is 4. The SMILES string of the molecule is C=CCN1CC(=O)N2[C@@H](Cc3ccc(OP(=O)(O)O)cc3)C(=O)N(Cc3cccc4cc[nH]c34)C[C@@H]2N1C(=O)NCc1ccccc1.Cc1ccc(S(=O)[O-])cc1.[H-].[H-].[Na+].[Na+]. The monoisotopic (exact) mass is 861 g/mol.